The number of benzene rings is 1. The van der Waals surface area contributed by atoms with Crippen LogP contribution in [0, 0.1) is 13.8 Å². The molecule has 5 nitrogen and oxygen atoms in total. The fourth-order valence-corrected chi connectivity index (χ4v) is 2.94. The number of aliphatic hydroxyl groups excluding tert-OH is 1. The predicted molar refractivity (Wildman–Crippen MR) is 99.3 cm³/mol. The van der Waals surface area contributed by atoms with Crippen LogP contribution in [0.5, 0.6) is 0 Å². The van der Waals surface area contributed by atoms with Gasteiger partial charge in [-0.2, -0.15) is 5.10 Å². The van der Waals surface area contributed by atoms with Crippen molar-refractivity contribution in [3.8, 4) is 0 Å². The molecule has 0 saturated carbocycles. The molecule has 0 atom stereocenters. The highest BCUT2D eigenvalue weighted by atomic mass is 16.3. The Morgan fingerprint density at radius 2 is 1.75 bits per heavy atom. The first kappa shape index (κ1) is 18.5. The zero-order valence-electron chi connectivity index (χ0n) is 15.6. The number of hydrogen-bond acceptors (Lipinski definition) is 4. The SMILES string of the molecule is CCN(Cc1ccc(N(C)C)cc1)Cc1c(C)nn(CCO)c1C. The number of aliphatic hydroxyl groups is 1. The van der Waals surface area contributed by atoms with Gasteiger partial charge in [-0.3, -0.25) is 9.58 Å². The first-order valence-corrected chi connectivity index (χ1v) is 8.58. The van der Waals surface area contributed by atoms with E-state index in [1.54, 1.807) is 0 Å². The average molecular weight is 330 g/mol. The smallest absolute Gasteiger partial charge is 0.0644 e. The highest BCUT2D eigenvalue weighted by Crippen LogP contribution is 2.18. The largest absolute Gasteiger partial charge is 0.394 e. The van der Waals surface area contributed by atoms with Crippen LogP contribution in [0.2, 0.25) is 0 Å². The van der Waals surface area contributed by atoms with Crippen LogP contribution in [0.1, 0.15) is 29.4 Å². The molecule has 2 aromatic rings. The van der Waals surface area contributed by atoms with Crippen molar-refractivity contribution in [2.45, 2.75) is 40.4 Å². The van der Waals surface area contributed by atoms with E-state index in [1.807, 2.05) is 4.68 Å². The molecular weight excluding hydrogens is 300 g/mol. The first-order chi connectivity index (χ1) is 11.5. The van der Waals surface area contributed by atoms with Crippen LogP contribution in [-0.2, 0) is 19.6 Å². The van der Waals surface area contributed by atoms with Crippen LogP contribution in [0.4, 0.5) is 5.69 Å². The number of anilines is 1. The second-order valence-electron chi connectivity index (χ2n) is 6.46. The zero-order valence-corrected chi connectivity index (χ0v) is 15.6. The molecule has 0 aliphatic carbocycles. The fourth-order valence-electron chi connectivity index (χ4n) is 2.94. The van der Waals surface area contributed by atoms with E-state index in [2.05, 4.69) is 74.0 Å². The Labute approximate surface area is 145 Å². The second-order valence-corrected chi connectivity index (χ2v) is 6.46. The van der Waals surface area contributed by atoms with E-state index in [0.29, 0.717) is 6.54 Å². The second kappa shape index (κ2) is 8.31. The van der Waals surface area contributed by atoms with Gasteiger partial charge in [0.2, 0.25) is 0 Å². The number of hydrogen-bond donors (Lipinski definition) is 1. The Hall–Kier alpha value is -1.85. The van der Waals surface area contributed by atoms with Crippen LogP contribution in [0.25, 0.3) is 0 Å². The summed E-state index contributed by atoms with van der Waals surface area (Å²) < 4.78 is 1.91. The number of aryl methyl sites for hydroxylation is 1. The molecule has 2 rings (SSSR count). The van der Waals surface area contributed by atoms with Crippen LogP contribution >= 0.6 is 0 Å². The van der Waals surface area contributed by atoms with E-state index >= 15 is 0 Å². The van der Waals surface area contributed by atoms with Crippen molar-refractivity contribution in [1.29, 1.82) is 0 Å². The number of aromatic nitrogens is 2. The van der Waals surface area contributed by atoms with Gasteiger partial charge in [0.25, 0.3) is 0 Å². The Morgan fingerprint density at radius 3 is 2.29 bits per heavy atom. The van der Waals surface area contributed by atoms with E-state index in [0.717, 1.165) is 31.0 Å². The number of rotatable bonds is 8. The van der Waals surface area contributed by atoms with Crippen molar-refractivity contribution >= 4 is 5.69 Å². The minimum Gasteiger partial charge on any atom is -0.394 e. The summed E-state index contributed by atoms with van der Waals surface area (Å²) in [5.74, 6) is 0. The lowest BCUT2D eigenvalue weighted by atomic mass is 10.1. The molecule has 24 heavy (non-hydrogen) atoms. The van der Waals surface area contributed by atoms with Crippen molar-refractivity contribution in [3.63, 3.8) is 0 Å². The third-order valence-electron chi connectivity index (χ3n) is 4.53. The summed E-state index contributed by atoms with van der Waals surface area (Å²) in [6, 6.07) is 8.73. The minimum atomic E-state index is 0.122. The van der Waals surface area contributed by atoms with Crippen molar-refractivity contribution < 1.29 is 5.11 Å². The van der Waals surface area contributed by atoms with Gasteiger partial charge in [-0.1, -0.05) is 19.1 Å². The lowest BCUT2D eigenvalue weighted by molar-refractivity contribution is 0.265. The topological polar surface area (TPSA) is 44.5 Å². The van der Waals surface area contributed by atoms with Gasteiger partial charge in [-0.25, -0.2) is 0 Å². The van der Waals surface area contributed by atoms with Crippen LogP contribution in [0.3, 0.4) is 0 Å². The van der Waals surface area contributed by atoms with E-state index in [9.17, 15) is 0 Å². The Kier molecular flexibility index (Phi) is 6.40. The molecule has 0 radical (unpaired) electrons. The summed E-state index contributed by atoms with van der Waals surface area (Å²) in [5, 5.41) is 13.7. The van der Waals surface area contributed by atoms with Gasteiger partial charge in [0.15, 0.2) is 0 Å². The van der Waals surface area contributed by atoms with E-state index < -0.39 is 0 Å². The monoisotopic (exact) mass is 330 g/mol. The summed E-state index contributed by atoms with van der Waals surface area (Å²) in [4.78, 5) is 4.54. The predicted octanol–water partition coefficient (Wildman–Crippen LogP) is 2.58. The maximum Gasteiger partial charge on any atom is 0.0644 e. The summed E-state index contributed by atoms with van der Waals surface area (Å²) in [6.45, 7) is 9.81. The molecule has 0 amide bonds. The fraction of sp³-hybridized carbons (Fsp3) is 0.526. The third-order valence-corrected chi connectivity index (χ3v) is 4.53. The van der Waals surface area contributed by atoms with E-state index in [4.69, 9.17) is 5.11 Å². The molecule has 1 N–H and O–H groups in total. The molecule has 0 aliphatic heterocycles. The van der Waals surface area contributed by atoms with Gasteiger partial charge in [0.1, 0.15) is 0 Å². The molecule has 1 heterocycles. The van der Waals surface area contributed by atoms with E-state index in [1.165, 1.54) is 16.8 Å². The standard InChI is InChI=1S/C19H30N4O/c1-6-22(13-17-7-9-18(10-8-17)21(4)5)14-19-15(2)20-23(11-12-24)16(19)3/h7-10,24H,6,11-14H2,1-5H3. The Bertz CT molecular complexity index is 646. The average Bonchev–Trinajstić information content (AvgIpc) is 2.82. The maximum atomic E-state index is 9.15. The van der Waals surface area contributed by atoms with Gasteiger partial charge < -0.3 is 10.0 Å². The highest BCUT2D eigenvalue weighted by molar-refractivity contribution is 5.46. The molecule has 0 spiro atoms. The van der Waals surface area contributed by atoms with Gasteiger partial charge >= 0.3 is 0 Å². The summed E-state index contributed by atoms with van der Waals surface area (Å²) in [7, 11) is 4.12. The highest BCUT2D eigenvalue weighted by Gasteiger charge is 2.14. The molecule has 1 aromatic heterocycles. The number of nitrogens with zero attached hydrogens (tertiary/aromatic N) is 4. The van der Waals surface area contributed by atoms with Crippen LogP contribution in [0.15, 0.2) is 24.3 Å². The molecule has 0 bridgehead atoms. The van der Waals surface area contributed by atoms with Crippen molar-refractivity contribution in [3.05, 3.63) is 46.8 Å². The quantitative estimate of drug-likeness (QED) is 0.808. The molecule has 0 saturated heterocycles. The normalized spacial score (nSPS) is 11.3. The minimum absolute atomic E-state index is 0.122. The lowest BCUT2D eigenvalue weighted by Gasteiger charge is -2.21. The zero-order chi connectivity index (χ0) is 17.7. The van der Waals surface area contributed by atoms with Gasteiger partial charge in [0, 0.05) is 44.1 Å². The molecular formula is C19H30N4O. The molecule has 0 fully saturated rings. The molecule has 5 heteroatoms. The Morgan fingerprint density at radius 1 is 1.08 bits per heavy atom. The van der Waals surface area contributed by atoms with Gasteiger partial charge in [0.05, 0.1) is 18.8 Å². The van der Waals surface area contributed by atoms with Gasteiger partial charge in [-0.05, 0) is 38.1 Å². The first-order valence-electron chi connectivity index (χ1n) is 8.58. The molecule has 132 valence electrons. The lowest BCUT2D eigenvalue weighted by Crippen LogP contribution is -2.23. The molecule has 0 unspecified atom stereocenters. The molecule has 0 aliphatic rings. The van der Waals surface area contributed by atoms with Crippen LogP contribution in [-0.4, -0.2) is 47.0 Å². The van der Waals surface area contributed by atoms with Crippen molar-refractivity contribution in [2.75, 3.05) is 32.1 Å². The van der Waals surface area contributed by atoms with Crippen molar-refractivity contribution in [1.82, 2.24) is 14.7 Å². The maximum absolute atomic E-state index is 9.15. The molecule has 1 aromatic carbocycles. The Balaban J connectivity index is 2.09. The summed E-state index contributed by atoms with van der Waals surface area (Å²) >= 11 is 0. The van der Waals surface area contributed by atoms with Gasteiger partial charge in [-0.15, -0.1) is 0 Å². The van der Waals surface area contributed by atoms with Crippen LogP contribution < -0.4 is 4.90 Å². The third kappa shape index (κ3) is 4.36. The summed E-state index contributed by atoms with van der Waals surface area (Å²) in [5.41, 5.74) is 6.03. The van der Waals surface area contributed by atoms with Crippen molar-refractivity contribution in [2.24, 2.45) is 0 Å². The van der Waals surface area contributed by atoms with E-state index in [-0.39, 0.29) is 6.61 Å². The summed E-state index contributed by atoms with van der Waals surface area (Å²) in [6.07, 6.45) is 0.